The molecule has 32 heteroatoms. The van der Waals surface area contributed by atoms with E-state index in [1.807, 2.05) is 19.0 Å². The van der Waals surface area contributed by atoms with Crippen molar-refractivity contribution in [3.8, 4) is 0 Å². The minimum absolute atomic E-state index is 0. The summed E-state index contributed by atoms with van der Waals surface area (Å²) in [5.41, 5.74) is 0. The summed E-state index contributed by atoms with van der Waals surface area (Å²) in [5, 5.41) is 2.53. The molecule has 0 spiro atoms. The molecule has 252 valence electrons. The third-order valence-electron chi connectivity index (χ3n) is 1.61. The topological polar surface area (TPSA) is 24.5 Å². The number of rotatable bonds is 1. The molecule has 1 unspecified atom stereocenters. The molecule has 1 rings (SSSR count). The summed E-state index contributed by atoms with van der Waals surface area (Å²) in [6, 6.07) is 0. The third kappa shape index (κ3) is 191. The van der Waals surface area contributed by atoms with E-state index in [0.717, 1.165) is 6.54 Å². The van der Waals surface area contributed by atoms with Crippen molar-refractivity contribution in [1.82, 2.24) is 10.2 Å². The average molecular weight is 756 g/mol. The molecule has 0 aromatic rings. The molecular weight excluding hydrogens is 743 g/mol. The zero-order valence-corrected chi connectivity index (χ0v) is 22.0. The van der Waals surface area contributed by atoms with Gasteiger partial charge in [-0.1, -0.05) is 11.6 Å². The summed E-state index contributed by atoms with van der Waals surface area (Å²) in [4.78, 5) is 1.86. The number of ether oxygens (including phenoxy) is 1. The van der Waals surface area contributed by atoms with E-state index >= 15 is 0 Å². The zero-order chi connectivity index (χ0) is 33.2. The predicted molar refractivity (Wildman–Crippen MR) is 98.6 cm³/mol. The fourth-order valence-corrected chi connectivity index (χ4v) is 1.03. The molecule has 1 N–H and O–H groups in total. The van der Waals surface area contributed by atoms with E-state index in [-0.39, 0.29) is 7.43 Å². The molecule has 0 bridgehead atoms. The van der Waals surface area contributed by atoms with E-state index in [4.69, 9.17) is 16.3 Å². The van der Waals surface area contributed by atoms with Crippen molar-refractivity contribution in [3.05, 3.63) is 7.43 Å². The van der Waals surface area contributed by atoms with Gasteiger partial charge in [-0.25, -0.2) is 0 Å². The van der Waals surface area contributed by atoms with Gasteiger partial charge in [0.25, 0.3) is 0 Å². The summed E-state index contributed by atoms with van der Waals surface area (Å²) >= 11 is 6.05. The normalized spacial score (nSPS) is 25.5. The Hall–Kier alpha value is 0.210. The van der Waals surface area contributed by atoms with Gasteiger partial charge >= 0.3 is 139 Å². The molecule has 1 aliphatic rings. The Morgan fingerprint density at radius 3 is 0.795 bits per heavy atom. The number of likely N-dealkylation sites (N-methyl/N-ethyl adjacent to an activating group) is 1. The van der Waals surface area contributed by atoms with Gasteiger partial charge in [0.15, 0.2) is 0 Å². The summed E-state index contributed by atoms with van der Waals surface area (Å²) in [7, 11) is -38.8. The van der Waals surface area contributed by atoms with E-state index in [1.165, 1.54) is 0 Å². The van der Waals surface area contributed by atoms with Gasteiger partial charge in [0.05, 0.1) is 13.2 Å². The first-order chi connectivity index (χ1) is 14.4. The summed E-state index contributed by atoms with van der Waals surface area (Å²) in [5.74, 6) is 0. The predicted octanol–water partition coefficient (Wildman–Crippen LogP) is 13.7. The molecule has 0 aliphatic carbocycles. The van der Waals surface area contributed by atoms with Crippen LogP contribution in [0.4, 0.5) is 101 Å². The van der Waals surface area contributed by atoms with Crippen molar-refractivity contribution in [2.24, 2.45) is 0 Å². The molecular formula is C7H13ClF24N2OP4. The van der Waals surface area contributed by atoms with Gasteiger partial charge in [-0.15, -0.1) is 0 Å². The van der Waals surface area contributed by atoms with Gasteiger partial charge in [-0.3, -0.25) is 4.90 Å². The van der Waals surface area contributed by atoms with Gasteiger partial charge in [-0.05, 0) is 14.1 Å². The van der Waals surface area contributed by atoms with Gasteiger partial charge in [0.2, 0.25) is 5.18 Å². The van der Waals surface area contributed by atoms with Crippen LogP contribution in [-0.4, -0.2) is 43.9 Å². The van der Waals surface area contributed by atoms with Gasteiger partial charge in [0.1, 0.15) is 0 Å². The largest absolute Gasteiger partial charge is 4.00 e. The number of alkyl halides is 1. The monoisotopic (exact) mass is 756 g/mol. The van der Waals surface area contributed by atoms with E-state index in [2.05, 4.69) is 5.32 Å². The van der Waals surface area contributed by atoms with Gasteiger partial charge in [0, 0.05) is 6.54 Å². The Bertz CT molecular complexity index is 621. The molecule has 3 nitrogen and oxygen atoms in total. The number of nitrogens with zero attached hydrogens (tertiary/aromatic N) is 1. The van der Waals surface area contributed by atoms with E-state index in [9.17, 15) is 101 Å². The van der Waals surface area contributed by atoms with Crippen LogP contribution >= 0.6 is 42.8 Å². The smallest absolute Gasteiger partial charge is 4.00 e. The Kier molecular flexibility index (Phi) is 12.0. The maximum atomic E-state index is 9.87. The maximum Gasteiger partial charge on any atom is 4.00 e. The van der Waals surface area contributed by atoms with Crippen molar-refractivity contribution in [2.45, 2.75) is 5.18 Å². The molecule has 0 saturated carbocycles. The second kappa shape index (κ2) is 9.61. The van der Waals surface area contributed by atoms with Crippen LogP contribution < -0.4 is 5.32 Å². The molecule has 0 radical (unpaired) electrons. The Labute approximate surface area is 206 Å². The summed E-state index contributed by atoms with van der Waals surface area (Å²) in [6.07, 6.45) is 0. The molecule has 1 heterocycles. The molecule has 1 atom stereocenters. The number of morpholine rings is 1. The zero-order valence-electron chi connectivity index (χ0n) is 17.7. The number of nitrogens with one attached hydrogen (secondary N) is 1. The Morgan fingerprint density at radius 2 is 0.718 bits per heavy atom. The number of hydrogen-bond donors (Lipinski definition) is 1. The Balaban J connectivity index is -0.000000124. The fraction of sp³-hybridized carbons (Fsp3) is 0.857. The van der Waals surface area contributed by atoms with Crippen LogP contribution in [0.5, 0.6) is 0 Å². The van der Waals surface area contributed by atoms with Crippen LogP contribution in [0.15, 0.2) is 0 Å². The quantitative estimate of drug-likeness (QED) is 0.125. The molecule has 1 fully saturated rings. The minimum Gasteiger partial charge on any atom is 4.00 e. The van der Waals surface area contributed by atoms with Crippen molar-refractivity contribution < 1.29 is 105 Å². The molecule has 0 aromatic carbocycles. The van der Waals surface area contributed by atoms with Crippen molar-refractivity contribution in [3.63, 3.8) is 0 Å². The van der Waals surface area contributed by atoms with Crippen molar-refractivity contribution in [2.75, 3.05) is 33.8 Å². The summed E-state index contributed by atoms with van der Waals surface area (Å²) < 4.78 is 242. The first-order valence-corrected chi connectivity index (χ1v) is 15.9. The van der Waals surface area contributed by atoms with Crippen LogP contribution in [0.2, 0.25) is 0 Å². The first kappa shape index (κ1) is 48.9. The Morgan fingerprint density at radius 1 is 0.538 bits per heavy atom. The van der Waals surface area contributed by atoms with Crippen LogP contribution in [0, 0.1) is 7.43 Å². The average Bonchev–Trinajstić information content (AvgIpc) is 2.22. The van der Waals surface area contributed by atoms with E-state index in [1.54, 1.807) is 0 Å². The van der Waals surface area contributed by atoms with E-state index < -0.39 is 36.4 Å². The van der Waals surface area contributed by atoms with Crippen LogP contribution in [0.25, 0.3) is 0 Å². The van der Waals surface area contributed by atoms with Crippen LogP contribution in [-0.2, 0) is 4.74 Å². The van der Waals surface area contributed by atoms with E-state index in [0.29, 0.717) is 13.2 Å². The third-order valence-corrected chi connectivity index (χ3v) is 2.19. The van der Waals surface area contributed by atoms with Crippen LogP contribution in [0.1, 0.15) is 0 Å². The van der Waals surface area contributed by atoms with Gasteiger partial charge < -0.3 is 10.1 Å². The van der Waals surface area contributed by atoms with Crippen molar-refractivity contribution >= 4 is 42.8 Å². The SMILES string of the molecule is CN(C)C1(Cl)CNCCO1.F[P-](F)(F)(F)(F)F.F[P-](F)(F)(F)(F)F.F[P-](F)(F)(F)(F)F.F[P-](F)(F)(F)(F)F.[C+4]. The van der Waals surface area contributed by atoms with Gasteiger partial charge in [-0.2, -0.15) is 0 Å². The standard InChI is InChI=1S/C6H13ClN2O.C.4F6P/c1-9(2)6(7)5-8-3-4-10-6;;4*1-7(2,3,4,5)6/h8H,3-5H2,1-2H3;;;;;/q;+4;4*-1. The second-order valence-electron chi connectivity index (χ2n) is 6.44. The number of hydrogen-bond acceptors (Lipinski definition) is 3. The van der Waals surface area contributed by atoms with Crippen molar-refractivity contribution in [1.29, 1.82) is 0 Å². The molecule has 1 saturated heterocycles. The molecule has 0 aromatic heterocycles. The minimum atomic E-state index is -10.7. The van der Waals surface area contributed by atoms with Crippen LogP contribution in [0.3, 0.4) is 0 Å². The molecule has 39 heavy (non-hydrogen) atoms. The first-order valence-electron chi connectivity index (χ1n) is 7.42. The molecule has 0 amide bonds. The summed E-state index contributed by atoms with van der Waals surface area (Å²) in [6.45, 7) is 2.26. The fourth-order valence-electron chi connectivity index (χ4n) is 0.860. The second-order valence-corrected chi connectivity index (χ2v) is 14.7. The maximum absolute atomic E-state index is 10.7. The molecule has 1 aliphatic heterocycles. The number of halogens is 25.